The Bertz CT molecular complexity index is 688. The van der Waals surface area contributed by atoms with E-state index >= 15 is 0 Å². The first-order valence-electron chi connectivity index (χ1n) is 7.82. The fourth-order valence-electron chi connectivity index (χ4n) is 2.57. The second kappa shape index (κ2) is 7.31. The molecule has 2 aromatic rings. The summed E-state index contributed by atoms with van der Waals surface area (Å²) in [6.07, 6.45) is 1.69. The van der Waals surface area contributed by atoms with E-state index in [1.54, 1.807) is 20.4 Å². The lowest BCUT2D eigenvalue weighted by Gasteiger charge is -2.32. The minimum absolute atomic E-state index is 0.429. The highest BCUT2D eigenvalue weighted by Crippen LogP contribution is 2.30. The number of nitrogens with zero attached hydrogens (tertiary/aromatic N) is 5. The minimum atomic E-state index is 0.429. The summed E-state index contributed by atoms with van der Waals surface area (Å²) in [5.74, 6) is 2.66. The molecule has 0 unspecified atom stereocenters. The van der Waals surface area contributed by atoms with Gasteiger partial charge in [0.05, 0.1) is 26.1 Å². The van der Waals surface area contributed by atoms with Crippen LogP contribution in [0.2, 0.25) is 0 Å². The molecule has 0 atom stereocenters. The smallest absolute Gasteiger partial charge is 0.249 e. The van der Waals surface area contributed by atoms with Crippen LogP contribution in [-0.2, 0) is 0 Å². The molecule has 2 heterocycles. The molecule has 0 spiro atoms. The molecule has 1 aliphatic heterocycles. The quantitative estimate of drug-likeness (QED) is 0.881. The van der Waals surface area contributed by atoms with Gasteiger partial charge in [-0.15, -0.1) is 5.10 Å². The summed E-state index contributed by atoms with van der Waals surface area (Å²) in [6, 6.07) is 5.51. The van der Waals surface area contributed by atoms with E-state index in [1.165, 1.54) is 0 Å². The number of hydrogen-bond donors (Lipinski definition) is 1. The number of ether oxygens (including phenoxy) is 2. The van der Waals surface area contributed by atoms with Gasteiger partial charge in [-0.25, -0.2) is 0 Å². The monoisotopic (exact) mass is 330 g/mol. The predicted octanol–water partition coefficient (Wildman–Crippen LogP) is 1.38. The standard InChI is InChI=1S/C16H22N6O2/c1-21-6-8-22(9-7-21)15-11-17-20-16(19-15)18-13-10-12(23-2)4-5-14(13)24-3/h4-5,10-11H,6-9H2,1-3H3,(H,18,19,20). The van der Waals surface area contributed by atoms with E-state index in [0.717, 1.165) is 43.4 Å². The number of nitrogens with one attached hydrogen (secondary N) is 1. The molecule has 0 saturated carbocycles. The number of methoxy groups -OCH3 is 2. The van der Waals surface area contributed by atoms with Crippen LogP contribution in [0.5, 0.6) is 11.5 Å². The van der Waals surface area contributed by atoms with Gasteiger partial charge in [0.1, 0.15) is 11.5 Å². The molecule has 1 aromatic carbocycles. The molecule has 1 fully saturated rings. The molecule has 1 aromatic heterocycles. The molecule has 128 valence electrons. The topological polar surface area (TPSA) is 75.6 Å². The van der Waals surface area contributed by atoms with Crippen LogP contribution < -0.4 is 19.7 Å². The van der Waals surface area contributed by atoms with Crippen LogP contribution >= 0.6 is 0 Å². The normalized spacial score (nSPS) is 15.2. The zero-order chi connectivity index (χ0) is 16.9. The van der Waals surface area contributed by atoms with Crippen LogP contribution in [0.15, 0.2) is 24.4 Å². The van der Waals surface area contributed by atoms with Crippen LogP contribution in [0, 0.1) is 0 Å². The van der Waals surface area contributed by atoms with Crippen molar-refractivity contribution >= 4 is 17.5 Å². The van der Waals surface area contributed by atoms with E-state index in [0.29, 0.717) is 11.7 Å². The number of rotatable bonds is 5. The van der Waals surface area contributed by atoms with E-state index in [9.17, 15) is 0 Å². The molecular weight excluding hydrogens is 308 g/mol. The first kappa shape index (κ1) is 16.3. The van der Waals surface area contributed by atoms with Gasteiger partial charge < -0.3 is 24.6 Å². The lowest BCUT2D eigenvalue weighted by atomic mass is 10.2. The largest absolute Gasteiger partial charge is 0.497 e. The van der Waals surface area contributed by atoms with Crippen LogP contribution in [0.25, 0.3) is 0 Å². The molecule has 3 rings (SSSR count). The summed E-state index contributed by atoms with van der Waals surface area (Å²) in [4.78, 5) is 9.08. The summed E-state index contributed by atoms with van der Waals surface area (Å²) in [5.41, 5.74) is 0.731. The number of benzene rings is 1. The van der Waals surface area contributed by atoms with Crippen molar-refractivity contribution in [2.45, 2.75) is 0 Å². The van der Waals surface area contributed by atoms with Crippen molar-refractivity contribution in [1.82, 2.24) is 20.1 Å². The molecule has 24 heavy (non-hydrogen) atoms. The third-order valence-electron chi connectivity index (χ3n) is 4.03. The highest BCUT2D eigenvalue weighted by molar-refractivity contribution is 5.65. The second-order valence-corrected chi connectivity index (χ2v) is 5.62. The summed E-state index contributed by atoms with van der Waals surface area (Å²) < 4.78 is 10.6. The lowest BCUT2D eigenvalue weighted by molar-refractivity contribution is 0.312. The Hall–Kier alpha value is -2.61. The zero-order valence-corrected chi connectivity index (χ0v) is 14.2. The zero-order valence-electron chi connectivity index (χ0n) is 14.2. The Morgan fingerprint density at radius 3 is 2.58 bits per heavy atom. The van der Waals surface area contributed by atoms with Crippen molar-refractivity contribution in [2.75, 3.05) is 57.7 Å². The number of anilines is 3. The summed E-state index contributed by atoms with van der Waals surface area (Å²) >= 11 is 0. The SMILES string of the molecule is COc1ccc(OC)c(Nc2nncc(N3CCN(C)CC3)n2)c1. The Balaban J connectivity index is 1.80. The molecule has 1 aliphatic rings. The van der Waals surface area contributed by atoms with Crippen LogP contribution in [-0.4, -0.2) is 67.5 Å². The van der Waals surface area contributed by atoms with Gasteiger partial charge in [-0.1, -0.05) is 0 Å². The molecule has 0 bridgehead atoms. The van der Waals surface area contributed by atoms with E-state index in [-0.39, 0.29) is 0 Å². The van der Waals surface area contributed by atoms with Gasteiger partial charge in [-0.05, 0) is 19.2 Å². The van der Waals surface area contributed by atoms with Gasteiger partial charge >= 0.3 is 0 Å². The molecule has 1 saturated heterocycles. The molecule has 8 heteroatoms. The van der Waals surface area contributed by atoms with E-state index in [1.807, 2.05) is 18.2 Å². The molecule has 0 aliphatic carbocycles. The maximum atomic E-state index is 5.37. The van der Waals surface area contributed by atoms with Crippen molar-refractivity contribution in [3.05, 3.63) is 24.4 Å². The molecular formula is C16H22N6O2. The maximum Gasteiger partial charge on any atom is 0.249 e. The summed E-state index contributed by atoms with van der Waals surface area (Å²) in [7, 11) is 5.36. The average molecular weight is 330 g/mol. The van der Waals surface area contributed by atoms with Gasteiger partial charge in [-0.3, -0.25) is 0 Å². The number of hydrogen-bond acceptors (Lipinski definition) is 8. The molecule has 1 N–H and O–H groups in total. The van der Waals surface area contributed by atoms with E-state index in [2.05, 4.69) is 37.3 Å². The van der Waals surface area contributed by atoms with Gasteiger partial charge in [0.25, 0.3) is 0 Å². The highest BCUT2D eigenvalue weighted by atomic mass is 16.5. The Morgan fingerprint density at radius 1 is 1.08 bits per heavy atom. The van der Waals surface area contributed by atoms with Crippen molar-refractivity contribution in [3.8, 4) is 11.5 Å². The Kier molecular flexibility index (Phi) is 4.95. The highest BCUT2D eigenvalue weighted by Gasteiger charge is 2.16. The number of piperazine rings is 1. The van der Waals surface area contributed by atoms with E-state index in [4.69, 9.17) is 9.47 Å². The minimum Gasteiger partial charge on any atom is -0.497 e. The van der Waals surface area contributed by atoms with Gasteiger partial charge in [0, 0.05) is 32.2 Å². The van der Waals surface area contributed by atoms with Gasteiger partial charge in [0.2, 0.25) is 5.95 Å². The fourth-order valence-corrected chi connectivity index (χ4v) is 2.57. The lowest BCUT2D eigenvalue weighted by Crippen LogP contribution is -2.44. The Labute approximate surface area is 141 Å². The predicted molar refractivity (Wildman–Crippen MR) is 92.4 cm³/mol. The molecule has 0 amide bonds. The molecule has 0 radical (unpaired) electrons. The van der Waals surface area contributed by atoms with Crippen molar-refractivity contribution in [3.63, 3.8) is 0 Å². The number of aromatic nitrogens is 3. The first-order chi connectivity index (χ1) is 11.7. The third kappa shape index (κ3) is 3.65. The summed E-state index contributed by atoms with van der Waals surface area (Å²) in [5, 5.41) is 11.3. The summed E-state index contributed by atoms with van der Waals surface area (Å²) in [6.45, 7) is 3.88. The third-order valence-corrected chi connectivity index (χ3v) is 4.03. The van der Waals surface area contributed by atoms with Crippen LogP contribution in [0.1, 0.15) is 0 Å². The fraction of sp³-hybridized carbons (Fsp3) is 0.438. The number of likely N-dealkylation sites (N-methyl/N-ethyl adjacent to an activating group) is 1. The van der Waals surface area contributed by atoms with Gasteiger partial charge in [-0.2, -0.15) is 10.1 Å². The molecule has 8 nitrogen and oxygen atoms in total. The van der Waals surface area contributed by atoms with Crippen molar-refractivity contribution in [1.29, 1.82) is 0 Å². The second-order valence-electron chi connectivity index (χ2n) is 5.62. The average Bonchev–Trinajstić information content (AvgIpc) is 2.62. The van der Waals surface area contributed by atoms with Crippen LogP contribution in [0.3, 0.4) is 0 Å². The maximum absolute atomic E-state index is 5.37. The van der Waals surface area contributed by atoms with Crippen molar-refractivity contribution < 1.29 is 9.47 Å². The first-order valence-corrected chi connectivity index (χ1v) is 7.82. The van der Waals surface area contributed by atoms with Crippen molar-refractivity contribution in [2.24, 2.45) is 0 Å². The van der Waals surface area contributed by atoms with E-state index < -0.39 is 0 Å². The Morgan fingerprint density at radius 2 is 1.88 bits per heavy atom. The van der Waals surface area contributed by atoms with Gasteiger partial charge in [0.15, 0.2) is 5.82 Å². The van der Waals surface area contributed by atoms with Crippen LogP contribution in [0.4, 0.5) is 17.5 Å².